The van der Waals surface area contributed by atoms with Crippen molar-refractivity contribution in [2.45, 2.75) is 0 Å². The lowest BCUT2D eigenvalue weighted by molar-refractivity contribution is -0.125. The largest absolute Gasteiger partial charge is 0.348 e. The zero-order valence-corrected chi connectivity index (χ0v) is 12.2. The molecule has 0 saturated carbocycles. The molecule has 0 radical (unpaired) electrons. The minimum atomic E-state index is -0.614. The van der Waals surface area contributed by atoms with Crippen molar-refractivity contribution in [1.29, 1.82) is 0 Å². The summed E-state index contributed by atoms with van der Waals surface area (Å²) in [5.41, 5.74) is 0. The van der Waals surface area contributed by atoms with E-state index < -0.39 is 7.92 Å². The average molecular weight is 271 g/mol. The lowest BCUT2D eigenvalue weighted by atomic mass is 10.4. The van der Waals surface area contributed by atoms with Gasteiger partial charge in [0.25, 0.3) is 0 Å². The Balaban J connectivity index is 2.32. The predicted octanol–water partition coefficient (Wildman–Crippen LogP) is 2.21. The maximum Gasteiger partial charge on any atom is 0.227 e. The zero-order chi connectivity index (χ0) is 13.7. The quantitative estimate of drug-likeness (QED) is 0.781. The summed E-state index contributed by atoms with van der Waals surface area (Å²) >= 11 is 0. The van der Waals surface area contributed by atoms with Gasteiger partial charge < -0.3 is 4.90 Å². The van der Waals surface area contributed by atoms with Crippen LogP contribution in [0.1, 0.15) is 0 Å². The van der Waals surface area contributed by atoms with Crippen LogP contribution in [0.15, 0.2) is 60.7 Å². The second-order valence-corrected chi connectivity index (χ2v) is 6.75. The van der Waals surface area contributed by atoms with E-state index in [1.54, 1.807) is 4.90 Å². The van der Waals surface area contributed by atoms with Crippen LogP contribution in [-0.2, 0) is 4.79 Å². The number of hydrogen-bond donors (Lipinski definition) is 0. The van der Waals surface area contributed by atoms with Crippen molar-refractivity contribution in [3.05, 3.63) is 60.7 Å². The Hall–Kier alpha value is -1.66. The molecular formula is C16H18NOP. The predicted molar refractivity (Wildman–Crippen MR) is 82.6 cm³/mol. The molecule has 0 aromatic heterocycles. The minimum Gasteiger partial charge on any atom is -0.348 e. The molecule has 0 spiro atoms. The highest BCUT2D eigenvalue weighted by atomic mass is 31.1. The van der Waals surface area contributed by atoms with Gasteiger partial charge in [0.2, 0.25) is 5.91 Å². The summed E-state index contributed by atoms with van der Waals surface area (Å²) in [5, 5.41) is 2.50. The van der Waals surface area contributed by atoms with Crippen LogP contribution in [0.5, 0.6) is 0 Å². The SMILES string of the molecule is CN(C)C(=O)CP(c1ccccc1)c1ccccc1. The summed E-state index contributed by atoms with van der Waals surface area (Å²) in [7, 11) is 3.01. The van der Waals surface area contributed by atoms with E-state index >= 15 is 0 Å². The maximum atomic E-state index is 12.0. The number of benzene rings is 2. The molecule has 0 bridgehead atoms. The van der Waals surface area contributed by atoms with Crippen molar-refractivity contribution in [1.82, 2.24) is 4.90 Å². The molecule has 0 N–H and O–H groups in total. The fraction of sp³-hybridized carbons (Fsp3) is 0.188. The van der Waals surface area contributed by atoms with Crippen LogP contribution in [0.25, 0.3) is 0 Å². The van der Waals surface area contributed by atoms with Gasteiger partial charge in [-0.25, -0.2) is 0 Å². The van der Waals surface area contributed by atoms with E-state index in [1.807, 2.05) is 50.5 Å². The lowest BCUT2D eigenvalue weighted by Gasteiger charge is -2.20. The number of carbonyl (C=O) groups is 1. The summed E-state index contributed by atoms with van der Waals surface area (Å²) < 4.78 is 0. The molecule has 1 amide bonds. The van der Waals surface area contributed by atoms with Crippen LogP contribution < -0.4 is 10.6 Å². The highest BCUT2D eigenvalue weighted by molar-refractivity contribution is 7.73. The lowest BCUT2D eigenvalue weighted by Crippen LogP contribution is -2.28. The second-order valence-electron chi connectivity index (χ2n) is 4.55. The van der Waals surface area contributed by atoms with Crippen molar-refractivity contribution in [2.24, 2.45) is 0 Å². The third kappa shape index (κ3) is 3.65. The standard InChI is InChI=1S/C16H18NOP/c1-17(2)16(18)13-19(14-9-5-3-6-10-14)15-11-7-4-8-12-15/h3-12H,13H2,1-2H3. The minimum absolute atomic E-state index is 0.179. The number of amides is 1. The molecule has 19 heavy (non-hydrogen) atoms. The molecule has 0 aliphatic heterocycles. The fourth-order valence-corrected chi connectivity index (χ4v) is 4.10. The molecule has 0 heterocycles. The number of carbonyl (C=O) groups excluding carboxylic acids is 1. The van der Waals surface area contributed by atoms with Crippen LogP contribution in [0, 0.1) is 0 Å². The van der Waals surface area contributed by atoms with Gasteiger partial charge in [0.15, 0.2) is 0 Å². The zero-order valence-electron chi connectivity index (χ0n) is 11.3. The molecule has 0 aliphatic rings. The molecular weight excluding hydrogens is 253 g/mol. The second kappa shape index (κ2) is 6.49. The van der Waals surface area contributed by atoms with Crippen molar-refractivity contribution < 1.29 is 4.79 Å². The van der Waals surface area contributed by atoms with Gasteiger partial charge in [-0.2, -0.15) is 0 Å². The molecule has 0 aliphatic carbocycles. The van der Waals surface area contributed by atoms with E-state index in [0.29, 0.717) is 6.16 Å². The van der Waals surface area contributed by atoms with Crippen LogP contribution in [-0.4, -0.2) is 31.1 Å². The molecule has 3 heteroatoms. The van der Waals surface area contributed by atoms with E-state index in [2.05, 4.69) is 24.3 Å². The van der Waals surface area contributed by atoms with Gasteiger partial charge in [0, 0.05) is 14.1 Å². The summed E-state index contributed by atoms with van der Waals surface area (Å²) in [6.45, 7) is 0. The topological polar surface area (TPSA) is 20.3 Å². The van der Waals surface area contributed by atoms with Gasteiger partial charge >= 0.3 is 0 Å². The van der Waals surface area contributed by atoms with Gasteiger partial charge in [-0.05, 0) is 18.5 Å². The Kier molecular flexibility index (Phi) is 4.70. The van der Waals surface area contributed by atoms with Gasteiger partial charge in [0.05, 0.1) is 6.16 Å². The summed E-state index contributed by atoms with van der Waals surface area (Å²) in [6.07, 6.45) is 0.566. The molecule has 0 unspecified atom stereocenters. The van der Waals surface area contributed by atoms with Crippen molar-refractivity contribution in [3.8, 4) is 0 Å². The third-order valence-corrected chi connectivity index (χ3v) is 5.36. The first-order valence-electron chi connectivity index (χ1n) is 6.26. The Morgan fingerprint density at radius 3 is 1.68 bits per heavy atom. The van der Waals surface area contributed by atoms with E-state index in [-0.39, 0.29) is 5.91 Å². The highest BCUT2D eigenvalue weighted by Crippen LogP contribution is 2.33. The maximum absolute atomic E-state index is 12.0. The van der Waals surface area contributed by atoms with Gasteiger partial charge in [-0.1, -0.05) is 60.7 Å². The highest BCUT2D eigenvalue weighted by Gasteiger charge is 2.18. The number of rotatable bonds is 4. The normalized spacial score (nSPS) is 10.5. The van der Waals surface area contributed by atoms with Crippen LogP contribution in [0.3, 0.4) is 0 Å². The number of nitrogens with zero attached hydrogens (tertiary/aromatic N) is 1. The molecule has 2 rings (SSSR count). The van der Waals surface area contributed by atoms with E-state index in [0.717, 1.165) is 0 Å². The van der Waals surface area contributed by atoms with Crippen LogP contribution in [0.2, 0.25) is 0 Å². The van der Waals surface area contributed by atoms with E-state index in [9.17, 15) is 4.79 Å². The smallest absolute Gasteiger partial charge is 0.227 e. The first-order valence-corrected chi connectivity index (χ1v) is 7.79. The summed E-state index contributed by atoms with van der Waals surface area (Å²) in [5.74, 6) is 0.179. The van der Waals surface area contributed by atoms with E-state index in [4.69, 9.17) is 0 Å². The Morgan fingerprint density at radius 2 is 1.32 bits per heavy atom. The third-order valence-electron chi connectivity index (χ3n) is 2.93. The summed E-state index contributed by atoms with van der Waals surface area (Å²) in [6, 6.07) is 20.6. The Morgan fingerprint density at radius 1 is 0.895 bits per heavy atom. The fourth-order valence-electron chi connectivity index (χ4n) is 1.82. The van der Waals surface area contributed by atoms with Crippen molar-refractivity contribution in [3.63, 3.8) is 0 Å². The Bertz CT molecular complexity index is 485. The first kappa shape index (κ1) is 13.8. The first-order chi connectivity index (χ1) is 9.18. The van der Waals surface area contributed by atoms with Crippen LogP contribution in [0.4, 0.5) is 0 Å². The Labute approximate surface area is 115 Å². The molecule has 0 atom stereocenters. The monoisotopic (exact) mass is 271 g/mol. The summed E-state index contributed by atoms with van der Waals surface area (Å²) in [4.78, 5) is 13.7. The van der Waals surface area contributed by atoms with Gasteiger partial charge in [-0.15, -0.1) is 0 Å². The van der Waals surface area contributed by atoms with Crippen molar-refractivity contribution >= 4 is 24.4 Å². The molecule has 2 aromatic rings. The van der Waals surface area contributed by atoms with E-state index in [1.165, 1.54) is 10.6 Å². The van der Waals surface area contributed by atoms with Gasteiger partial charge in [-0.3, -0.25) is 4.79 Å². The molecule has 0 fully saturated rings. The molecule has 2 aromatic carbocycles. The van der Waals surface area contributed by atoms with Gasteiger partial charge in [0.1, 0.15) is 0 Å². The van der Waals surface area contributed by atoms with Crippen LogP contribution >= 0.6 is 7.92 Å². The number of hydrogen-bond acceptors (Lipinski definition) is 1. The molecule has 2 nitrogen and oxygen atoms in total. The molecule has 0 saturated heterocycles. The average Bonchev–Trinajstić information content (AvgIpc) is 2.46. The van der Waals surface area contributed by atoms with Crippen molar-refractivity contribution in [2.75, 3.05) is 20.3 Å². The molecule has 98 valence electrons.